The molecular formula is C17H16N2S. The summed E-state index contributed by atoms with van der Waals surface area (Å²) < 4.78 is 4.48. The molecule has 0 amide bonds. The van der Waals surface area contributed by atoms with Gasteiger partial charge in [0.1, 0.15) is 5.82 Å². The average molecular weight is 280 g/mol. The summed E-state index contributed by atoms with van der Waals surface area (Å²) in [6.07, 6.45) is 0. The molecule has 0 atom stereocenters. The zero-order valence-corrected chi connectivity index (χ0v) is 12.0. The van der Waals surface area contributed by atoms with Gasteiger partial charge in [0.15, 0.2) is 0 Å². The smallest absolute Gasteiger partial charge is 0.142 e. The molecule has 0 bridgehead atoms. The molecule has 0 radical (unpaired) electrons. The van der Waals surface area contributed by atoms with Gasteiger partial charge < -0.3 is 4.90 Å². The van der Waals surface area contributed by atoms with Gasteiger partial charge in [-0.15, -0.1) is 0 Å². The van der Waals surface area contributed by atoms with Crippen molar-refractivity contribution in [1.82, 2.24) is 4.37 Å². The van der Waals surface area contributed by atoms with Crippen LogP contribution in [0.25, 0.3) is 0 Å². The number of aromatic nitrogens is 1. The third-order valence-corrected chi connectivity index (χ3v) is 3.73. The highest BCUT2D eigenvalue weighted by atomic mass is 32.1. The summed E-state index contributed by atoms with van der Waals surface area (Å²) in [7, 11) is 0. The van der Waals surface area contributed by atoms with Crippen LogP contribution in [0.4, 0.5) is 5.82 Å². The minimum Gasteiger partial charge on any atom is -0.347 e. The van der Waals surface area contributed by atoms with Gasteiger partial charge in [0, 0.05) is 18.5 Å². The molecule has 3 rings (SSSR count). The molecule has 0 spiro atoms. The second kappa shape index (κ2) is 6.35. The molecule has 100 valence electrons. The Morgan fingerprint density at radius 3 is 1.75 bits per heavy atom. The van der Waals surface area contributed by atoms with Crippen molar-refractivity contribution < 1.29 is 0 Å². The van der Waals surface area contributed by atoms with Gasteiger partial charge in [-0.1, -0.05) is 60.7 Å². The molecule has 3 aromatic rings. The molecule has 2 aromatic carbocycles. The maximum absolute atomic E-state index is 4.48. The van der Waals surface area contributed by atoms with Crippen molar-refractivity contribution in [3.8, 4) is 0 Å². The van der Waals surface area contributed by atoms with Crippen LogP contribution in [-0.4, -0.2) is 4.37 Å². The van der Waals surface area contributed by atoms with Crippen molar-refractivity contribution in [1.29, 1.82) is 0 Å². The lowest BCUT2D eigenvalue weighted by Gasteiger charge is -2.22. The van der Waals surface area contributed by atoms with E-state index in [4.69, 9.17) is 0 Å². The number of hydrogen-bond acceptors (Lipinski definition) is 3. The van der Waals surface area contributed by atoms with Crippen molar-refractivity contribution >= 4 is 17.4 Å². The van der Waals surface area contributed by atoms with Gasteiger partial charge in [-0.25, -0.2) is 0 Å². The van der Waals surface area contributed by atoms with E-state index in [1.54, 1.807) is 0 Å². The van der Waals surface area contributed by atoms with Gasteiger partial charge >= 0.3 is 0 Å². The molecule has 20 heavy (non-hydrogen) atoms. The van der Waals surface area contributed by atoms with E-state index in [9.17, 15) is 0 Å². The Balaban J connectivity index is 1.81. The molecular weight excluding hydrogens is 264 g/mol. The molecule has 1 heterocycles. The third-order valence-electron chi connectivity index (χ3n) is 3.18. The lowest BCUT2D eigenvalue weighted by atomic mass is 10.1. The largest absolute Gasteiger partial charge is 0.347 e. The first-order valence-corrected chi connectivity index (χ1v) is 7.48. The predicted molar refractivity (Wildman–Crippen MR) is 84.9 cm³/mol. The van der Waals surface area contributed by atoms with Gasteiger partial charge in [-0.2, -0.15) is 4.37 Å². The van der Waals surface area contributed by atoms with E-state index in [1.807, 2.05) is 17.5 Å². The molecule has 3 heteroatoms. The standard InChI is InChI=1S/C17H16N2S/c1-3-7-15(8-4-1)13-19(17-11-12-20-18-17)14-16-9-5-2-6-10-16/h1-12H,13-14H2. The molecule has 0 saturated heterocycles. The minimum absolute atomic E-state index is 0.874. The van der Waals surface area contributed by atoms with Crippen LogP contribution in [0.15, 0.2) is 72.1 Å². The summed E-state index contributed by atoms with van der Waals surface area (Å²) in [6.45, 7) is 1.75. The van der Waals surface area contributed by atoms with E-state index >= 15 is 0 Å². The normalized spacial score (nSPS) is 10.4. The Morgan fingerprint density at radius 1 is 0.750 bits per heavy atom. The van der Waals surface area contributed by atoms with Gasteiger partial charge in [0.25, 0.3) is 0 Å². The SMILES string of the molecule is c1ccc(CN(Cc2ccccc2)c2ccsn2)cc1. The average Bonchev–Trinajstić information content (AvgIpc) is 3.03. The minimum atomic E-state index is 0.874. The van der Waals surface area contributed by atoms with Gasteiger partial charge in [-0.05, 0) is 28.7 Å². The Kier molecular flexibility index (Phi) is 4.09. The summed E-state index contributed by atoms with van der Waals surface area (Å²) in [5.74, 6) is 1.04. The lowest BCUT2D eigenvalue weighted by molar-refractivity contribution is 0.790. The zero-order chi connectivity index (χ0) is 13.6. The third kappa shape index (κ3) is 3.25. The van der Waals surface area contributed by atoms with E-state index in [1.165, 1.54) is 22.7 Å². The van der Waals surface area contributed by atoms with Crippen LogP contribution in [0.3, 0.4) is 0 Å². The quantitative estimate of drug-likeness (QED) is 0.690. The first-order valence-electron chi connectivity index (χ1n) is 6.65. The summed E-state index contributed by atoms with van der Waals surface area (Å²) in [5, 5.41) is 2.03. The van der Waals surface area contributed by atoms with E-state index in [0.717, 1.165) is 18.9 Å². The van der Waals surface area contributed by atoms with Crippen molar-refractivity contribution in [3.63, 3.8) is 0 Å². The summed E-state index contributed by atoms with van der Waals surface area (Å²) in [5.41, 5.74) is 2.60. The fourth-order valence-corrected chi connectivity index (χ4v) is 2.72. The van der Waals surface area contributed by atoms with Gasteiger partial charge in [0.2, 0.25) is 0 Å². The molecule has 1 aromatic heterocycles. The van der Waals surface area contributed by atoms with Crippen LogP contribution in [-0.2, 0) is 13.1 Å². The maximum Gasteiger partial charge on any atom is 0.142 e. The topological polar surface area (TPSA) is 16.1 Å². The Labute approximate surface area is 123 Å². The zero-order valence-electron chi connectivity index (χ0n) is 11.1. The van der Waals surface area contributed by atoms with Crippen LogP contribution in [0.1, 0.15) is 11.1 Å². The molecule has 0 saturated carbocycles. The van der Waals surface area contributed by atoms with Crippen LogP contribution in [0, 0.1) is 0 Å². The Morgan fingerprint density at radius 2 is 1.30 bits per heavy atom. The molecule has 0 N–H and O–H groups in total. The highest BCUT2D eigenvalue weighted by molar-refractivity contribution is 7.03. The van der Waals surface area contributed by atoms with Crippen LogP contribution >= 0.6 is 11.5 Å². The number of nitrogens with zero attached hydrogens (tertiary/aromatic N) is 2. The number of anilines is 1. The second-order valence-corrected chi connectivity index (χ2v) is 5.35. The van der Waals surface area contributed by atoms with E-state index < -0.39 is 0 Å². The highest BCUT2D eigenvalue weighted by Gasteiger charge is 2.10. The first kappa shape index (κ1) is 12.9. The molecule has 0 aliphatic rings. The first-order chi connectivity index (χ1) is 9.92. The maximum atomic E-state index is 4.48. The molecule has 0 aliphatic carbocycles. The monoisotopic (exact) mass is 280 g/mol. The lowest BCUT2D eigenvalue weighted by Crippen LogP contribution is -2.22. The summed E-state index contributed by atoms with van der Waals surface area (Å²) in [4.78, 5) is 2.31. The van der Waals surface area contributed by atoms with Gasteiger partial charge in [0.05, 0.1) is 0 Å². The fraction of sp³-hybridized carbons (Fsp3) is 0.118. The van der Waals surface area contributed by atoms with Gasteiger partial charge in [-0.3, -0.25) is 0 Å². The van der Waals surface area contributed by atoms with Crippen LogP contribution in [0.5, 0.6) is 0 Å². The molecule has 2 nitrogen and oxygen atoms in total. The predicted octanol–water partition coefficient (Wildman–Crippen LogP) is 4.35. The van der Waals surface area contributed by atoms with Crippen molar-refractivity contribution in [2.24, 2.45) is 0 Å². The number of rotatable bonds is 5. The van der Waals surface area contributed by atoms with E-state index in [-0.39, 0.29) is 0 Å². The Hall–Kier alpha value is -2.13. The number of benzene rings is 2. The molecule has 0 aliphatic heterocycles. The van der Waals surface area contributed by atoms with E-state index in [0.29, 0.717) is 0 Å². The van der Waals surface area contributed by atoms with Crippen molar-refractivity contribution in [3.05, 3.63) is 83.2 Å². The van der Waals surface area contributed by atoms with Crippen molar-refractivity contribution in [2.75, 3.05) is 4.90 Å². The fourth-order valence-electron chi connectivity index (χ4n) is 2.19. The second-order valence-electron chi connectivity index (χ2n) is 4.68. The molecule has 0 unspecified atom stereocenters. The van der Waals surface area contributed by atoms with Crippen molar-refractivity contribution in [2.45, 2.75) is 13.1 Å². The molecule has 0 fully saturated rings. The summed E-state index contributed by atoms with van der Waals surface area (Å²) in [6, 6.07) is 23.1. The summed E-state index contributed by atoms with van der Waals surface area (Å²) >= 11 is 1.50. The van der Waals surface area contributed by atoms with Crippen LogP contribution < -0.4 is 4.90 Å². The van der Waals surface area contributed by atoms with E-state index in [2.05, 4.69) is 63.9 Å². The highest BCUT2D eigenvalue weighted by Crippen LogP contribution is 2.19. The Bertz CT molecular complexity index is 579. The number of hydrogen-bond donors (Lipinski definition) is 0. The van der Waals surface area contributed by atoms with Crippen LogP contribution in [0.2, 0.25) is 0 Å².